The number of aromatic nitrogens is 6. The number of carbonyl (C=O) groups is 2. The Hall–Kier alpha value is -5.21. The van der Waals surface area contributed by atoms with E-state index in [1.165, 1.54) is 16.9 Å². The maximum absolute atomic E-state index is 13.9. The van der Waals surface area contributed by atoms with Crippen LogP contribution in [0.5, 0.6) is 0 Å². The zero-order chi connectivity index (χ0) is 35.5. The van der Waals surface area contributed by atoms with Gasteiger partial charge in [-0.2, -0.15) is 0 Å². The van der Waals surface area contributed by atoms with Gasteiger partial charge in [0.25, 0.3) is 11.6 Å². The molecule has 2 aliphatic heterocycles. The molecule has 2 bridgehead atoms. The number of oxazole rings is 1. The average molecular weight is 733 g/mol. The van der Waals surface area contributed by atoms with E-state index in [-0.39, 0.29) is 41.0 Å². The molecule has 0 radical (unpaired) electrons. The first-order valence-electron chi connectivity index (χ1n) is 16.8. The van der Waals surface area contributed by atoms with Crippen LogP contribution in [0, 0.1) is 0 Å². The molecule has 7 rings (SSSR count). The third-order valence-corrected chi connectivity index (χ3v) is 9.49. The van der Waals surface area contributed by atoms with Gasteiger partial charge in [-0.3, -0.25) is 14.2 Å². The number of rotatable bonds is 6. The molecule has 5 aromatic rings. The summed E-state index contributed by atoms with van der Waals surface area (Å²) in [5.74, 6) is -0.683. The molecule has 1 unspecified atom stereocenters. The van der Waals surface area contributed by atoms with Crippen LogP contribution < -0.4 is 20.7 Å². The Morgan fingerprint density at radius 1 is 1.04 bits per heavy atom. The number of piperazine rings is 1. The first-order valence-corrected chi connectivity index (χ1v) is 17.5. The Bertz CT molecular complexity index is 2110. The molecule has 0 saturated carbocycles. The van der Waals surface area contributed by atoms with Gasteiger partial charge in [-0.25, -0.2) is 19.4 Å². The number of anilines is 2. The summed E-state index contributed by atoms with van der Waals surface area (Å²) >= 11 is 12.4. The number of amides is 1. The van der Waals surface area contributed by atoms with Crippen LogP contribution in [0.1, 0.15) is 54.8 Å². The molecule has 5 heterocycles. The van der Waals surface area contributed by atoms with Gasteiger partial charge in [-0.15, -0.1) is 5.10 Å². The zero-order valence-corrected chi connectivity index (χ0v) is 29.3. The number of hydrogen-bond acceptors (Lipinski definition) is 11. The fraction of sp³-hybridized carbons (Fsp3) is 0.343. The van der Waals surface area contributed by atoms with Crippen LogP contribution in [0.4, 0.5) is 11.7 Å². The number of benzene rings is 2. The van der Waals surface area contributed by atoms with Gasteiger partial charge in [0.15, 0.2) is 5.15 Å². The fourth-order valence-electron chi connectivity index (χ4n) is 6.61. The van der Waals surface area contributed by atoms with E-state index in [1.807, 2.05) is 29.2 Å². The van der Waals surface area contributed by atoms with Crippen molar-refractivity contribution in [1.82, 2.24) is 34.8 Å². The van der Waals surface area contributed by atoms with Crippen molar-refractivity contribution in [3.05, 3.63) is 99.1 Å². The van der Waals surface area contributed by atoms with Crippen molar-refractivity contribution in [3.8, 4) is 16.9 Å². The second-order valence-corrected chi connectivity index (χ2v) is 13.1. The Kier molecular flexibility index (Phi) is 10.0. The first kappa shape index (κ1) is 34.2. The van der Waals surface area contributed by atoms with Gasteiger partial charge in [-0.05, 0) is 55.7 Å². The predicted molar refractivity (Wildman–Crippen MR) is 191 cm³/mol. The summed E-state index contributed by atoms with van der Waals surface area (Å²) in [6, 6.07) is 14.1. The minimum atomic E-state index is -0.587. The molecule has 1 fully saturated rings. The molecular weight excluding hydrogens is 697 g/mol. The van der Waals surface area contributed by atoms with Crippen molar-refractivity contribution in [2.24, 2.45) is 0 Å². The molecule has 16 heteroatoms. The lowest BCUT2D eigenvalue weighted by atomic mass is 9.98. The highest BCUT2D eigenvalue weighted by molar-refractivity contribution is 6.31. The second-order valence-electron chi connectivity index (χ2n) is 12.3. The van der Waals surface area contributed by atoms with Crippen LogP contribution in [0.15, 0.2) is 76.5 Å². The Balaban J connectivity index is 1.20. The number of carbonyl (C=O) groups excluding carboxylic acids is 2. The maximum atomic E-state index is 13.9. The van der Waals surface area contributed by atoms with Crippen LogP contribution in [0.2, 0.25) is 10.2 Å². The SMILES string of the molecule is CCOC(=O)c1cnc(N2CCN3c4cccc(c4)C(n4cnc(-c5cc(Cl)ccc5-n5cc(Cl)nn5)cc4=O)CCCCCNC(=O)[C@H]3C2)o1. The smallest absolute Gasteiger partial charge is 0.376 e. The van der Waals surface area contributed by atoms with Crippen molar-refractivity contribution in [3.63, 3.8) is 0 Å². The van der Waals surface area contributed by atoms with E-state index in [0.29, 0.717) is 54.6 Å². The maximum Gasteiger partial charge on any atom is 0.376 e. The van der Waals surface area contributed by atoms with E-state index >= 15 is 0 Å². The van der Waals surface area contributed by atoms with Gasteiger partial charge in [-0.1, -0.05) is 53.4 Å². The topological polar surface area (TPSA) is 154 Å². The van der Waals surface area contributed by atoms with Crippen LogP contribution >= 0.6 is 23.2 Å². The lowest BCUT2D eigenvalue weighted by molar-refractivity contribution is -0.122. The summed E-state index contributed by atoms with van der Waals surface area (Å²) in [7, 11) is 0. The third kappa shape index (κ3) is 7.33. The van der Waals surface area contributed by atoms with E-state index in [2.05, 4.69) is 25.5 Å². The van der Waals surface area contributed by atoms with Crippen molar-refractivity contribution in [2.75, 3.05) is 42.6 Å². The van der Waals surface area contributed by atoms with Crippen LogP contribution in [-0.4, -0.2) is 80.2 Å². The van der Waals surface area contributed by atoms with Gasteiger partial charge < -0.3 is 24.3 Å². The van der Waals surface area contributed by atoms with Gasteiger partial charge in [0.2, 0.25) is 11.7 Å². The Morgan fingerprint density at radius 3 is 2.73 bits per heavy atom. The van der Waals surface area contributed by atoms with Gasteiger partial charge in [0, 0.05) is 42.0 Å². The van der Waals surface area contributed by atoms with E-state index < -0.39 is 12.0 Å². The molecule has 1 saturated heterocycles. The van der Waals surface area contributed by atoms with Crippen LogP contribution in [0.3, 0.4) is 0 Å². The first-order chi connectivity index (χ1) is 24.8. The van der Waals surface area contributed by atoms with Crippen molar-refractivity contribution in [1.29, 1.82) is 0 Å². The summed E-state index contributed by atoms with van der Waals surface area (Å²) in [5, 5.41) is 11.8. The Morgan fingerprint density at radius 2 is 1.92 bits per heavy atom. The zero-order valence-electron chi connectivity index (χ0n) is 27.7. The molecule has 51 heavy (non-hydrogen) atoms. The molecule has 0 aliphatic carbocycles. The van der Waals surface area contributed by atoms with E-state index in [9.17, 15) is 14.4 Å². The molecule has 2 aromatic carbocycles. The minimum absolute atomic E-state index is 0.0123. The van der Waals surface area contributed by atoms with Gasteiger partial charge >= 0.3 is 5.97 Å². The van der Waals surface area contributed by atoms with Crippen LogP contribution in [-0.2, 0) is 9.53 Å². The largest absolute Gasteiger partial charge is 0.460 e. The number of ether oxygens (including phenoxy) is 1. The highest BCUT2D eigenvalue weighted by Gasteiger charge is 2.35. The number of esters is 1. The van der Waals surface area contributed by atoms with Gasteiger partial charge in [0.05, 0.1) is 49.3 Å². The molecule has 1 N–H and O–H groups in total. The number of fused-ring (bicyclic) bond motifs is 4. The molecule has 2 aliphatic rings. The molecule has 3 aromatic heterocycles. The minimum Gasteiger partial charge on any atom is -0.460 e. The van der Waals surface area contributed by atoms with E-state index in [0.717, 1.165) is 30.5 Å². The summed E-state index contributed by atoms with van der Waals surface area (Å²) < 4.78 is 14.0. The molecular formula is C35H35Cl2N9O5. The normalized spacial score (nSPS) is 18.2. The number of nitrogens with zero attached hydrogens (tertiary/aromatic N) is 8. The molecule has 14 nitrogen and oxygen atoms in total. The summed E-state index contributed by atoms with van der Waals surface area (Å²) in [4.78, 5) is 52.7. The summed E-state index contributed by atoms with van der Waals surface area (Å²) in [5.41, 5.74) is 3.22. The monoisotopic (exact) mass is 731 g/mol. The average Bonchev–Trinajstić information content (AvgIpc) is 3.81. The second kappa shape index (κ2) is 15.0. The van der Waals surface area contributed by atoms with Crippen molar-refractivity contribution < 1.29 is 18.7 Å². The van der Waals surface area contributed by atoms with Crippen molar-refractivity contribution in [2.45, 2.75) is 44.7 Å². The summed E-state index contributed by atoms with van der Waals surface area (Å²) in [6.45, 7) is 3.73. The molecule has 0 spiro atoms. The predicted octanol–water partition coefficient (Wildman–Crippen LogP) is 4.94. The highest BCUT2D eigenvalue weighted by Crippen LogP contribution is 2.32. The number of nitrogens with one attached hydrogen (secondary N) is 1. The van der Waals surface area contributed by atoms with Gasteiger partial charge in [0.1, 0.15) is 6.04 Å². The highest BCUT2D eigenvalue weighted by atomic mass is 35.5. The summed E-state index contributed by atoms with van der Waals surface area (Å²) in [6.07, 6.45) is 7.67. The van der Waals surface area contributed by atoms with E-state index in [1.54, 1.807) is 42.2 Å². The third-order valence-electron chi connectivity index (χ3n) is 9.08. The molecule has 264 valence electrons. The lowest BCUT2D eigenvalue weighted by Gasteiger charge is -2.41. The van der Waals surface area contributed by atoms with Crippen molar-refractivity contribution >= 4 is 46.8 Å². The number of halogens is 2. The molecule has 1 amide bonds. The number of hydrogen-bond donors (Lipinski definition) is 1. The van der Waals surface area contributed by atoms with Crippen LogP contribution in [0.25, 0.3) is 16.9 Å². The molecule has 2 atom stereocenters. The Labute approximate surface area is 302 Å². The van der Waals surface area contributed by atoms with E-state index in [4.69, 9.17) is 37.3 Å². The lowest BCUT2D eigenvalue weighted by Crippen LogP contribution is -2.59. The quantitative estimate of drug-likeness (QED) is 0.236. The fourth-order valence-corrected chi connectivity index (χ4v) is 6.91. The standard InChI is InChI=1S/C35H35Cl2N9O5/c1-2-50-34(49)30-18-39-35(51-30)43-13-14-44-24-8-6-7-22(15-24)27(9-4-3-5-12-38-33(48)29(44)19-43)45-21-40-26(17-32(45)47)25-16-23(36)10-11-28(25)46-20-31(37)41-42-46/h6-8,10-11,15-18,20-21,27,29H,2-5,9,12-14,19H2,1H3,(H,38,48)/t27?,29-/m1/s1.